The fourth-order valence-electron chi connectivity index (χ4n) is 5.56. The number of carbonyl (C=O) groups excluding carboxylic acids is 1. The van der Waals surface area contributed by atoms with E-state index in [4.69, 9.17) is 4.74 Å². The number of hydrogen-bond donors (Lipinski definition) is 3. The molecule has 34 heavy (non-hydrogen) atoms. The van der Waals surface area contributed by atoms with Crippen molar-refractivity contribution in [2.75, 3.05) is 13.1 Å². The van der Waals surface area contributed by atoms with Gasteiger partial charge in [-0.2, -0.15) is 0 Å². The van der Waals surface area contributed by atoms with Crippen LogP contribution in [-0.4, -0.2) is 44.5 Å². The van der Waals surface area contributed by atoms with Gasteiger partial charge in [-0.3, -0.25) is 9.59 Å². The Balaban J connectivity index is 1.71. The average molecular weight is 467 g/mol. The molecule has 1 fully saturated rings. The van der Waals surface area contributed by atoms with Crippen molar-refractivity contribution in [2.24, 2.45) is 0 Å². The van der Waals surface area contributed by atoms with Gasteiger partial charge in [-0.1, -0.05) is 6.92 Å². The van der Waals surface area contributed by atoms with Crippen molar-refractivity contribution in [3.63, 3.8) is 0 Å². The second kappa shape index (κ2) is 7.08. The van der Waals surface area contributed by atoms with Crippen LogP contribution in [0.2, 0.25) is 0 Å². The molecule has 0 bridgehead atoms. The van der Waals surface area contributed by atoms with E-state index in [2.05, 4.69) is 5.32 Å². The molecule has 0 amide bonds. The number of aliphatic hydroxyl groups excluding tert-OH is 1. The average Bonchev–Trinajstić information content (AvgIpc) is 3.41. The molecular weight excluding hydrogens is 445 g/mol. The molecule has 1 aromatic carbocycles. The van der Waals surface area contributed by atoms with Gasteiger partial charge in [-0.25, -0.2) is 9.18 Å². The molecular formula is C24H22FN3O6. The van der Waals surface area contributed by atoms with Crippen LogP contribution < -0.4 is 16.3 Å². The number of hydrogen-bond acceptors (Lipinski definition) is 7. The molecule has 2 aromatic heterocycles. The summed E-state index contributed by atoms with van der Waals surface area (Å²) in [5.74, 6) is -1.42. The number of nitrogens with zero attached hydrogens (tertiary/aromatic N) is 2. The summed E-state index contributed by atoms with van der Waals surface area (Å²) in [5, 5.41) is 24.9. The molecule has 9 nitrogen and oxygen atoms in total. The van der Waals surface area contributed by atoms with Crippen LogP contribution in [0, 0.1) is 5.82 Å². The number of pyridine rings is 2. The van der Waals surface area contributed by atoms with Gasteiger partial charge < -0.3 is 29.4 Å². The molecule has 3 N–H and O–H groups in total. The zero-order chi connectivity index (χ0) is 23.9. The summed E-state index contributed by atoms with van der Waals surface area (Å²) < 4.78 is 22.5. The number of aliphatic hydroxyl groups is 2. The normalized spacial score (nSPS) is 25.2. The summed E-state index contributed by atoms with van der Waals surface area (Å²) in [4.78, 5) is 39.5. The van der Waals surface area contributed by atoms with E-state index in [1.807, 2.05) is 4.57 Å². The maximum Gasteiger partial charge on any atom is 0.343 e. The van der Waals surface area contributed by atoms with Crippen molar-refractivity contribution in [3.8, 4) is 11.3 Å². The number of nitrogens with one attached hydrogen (secondary N) is 1. The minimum absolute atomic E-state index is 0.0122. The smallest absolute Gasteiger partial charge is 0.343 e. The van der Waals surface area contributed by atoms with Crippen LogP contribution in [0.4, 0.5) is 4.39 Å². The topological polar surface area (TPSA) is 123 Å². The van der Waals surface area contributed by atoms with Crippen LogP contribution in [0.25, 0.3) is 22.2 Å². The predicted molar refractivity (Wildman–Crippen MR) is 119 cm³/mol. The number of cyclic esters (lactones) is 1. The molecule has 0 saturated carbocycles. The highest BCUT2D eigenvalue weighted by Crippen LogP contribution is 2.39. The first kappa shape index (κ1) is 21.2. The Labute approximate surface area is 192 Å². The van der Waals surface area contributed by atoms with Crippen LogP contribution in [-0.2, 0) is 28.3 Å². The maximum atomic E-state index is 14.2. The molecule has 176 valence electrons. The molecule has 3 aliphatic rings. The molecule has 6 rings (SSSR count). The van der Waals surface area contributed by atoms with Gasteiger partial charge in [0.25, 0.3) is 5.56 Å². The van der Waals surface area contributed by atoms with Gasteiger partial charge in [0.1, 0.15) is 12.4 Å². The molecule has 3 aliphatic heterocycles. The minimum atomic E-state index is -2.00. The Kier molecular flexibility index (Phi) is 4.42. The third-order valence-corrected chi connectivity index (χ3v) is 7.36. The third kappa shape index (κ3) is 2.61. The fraction of sp³-hybridized carbons (Fsp3) is 0.375. The summed E-state index contributed by atoms with van der Waals surface area (Å²) in [6.07, 6.45) is -0.758. The molecule has 3 atom stereocenters. The number of fused-ring (bicyclic) bond motifs is 5. The summed E-state index contributed by atoms with van der Waals surface area (Å²) in [6.45, 7) is 2.18. The van der Waals surface area contributed by atoms with E-state index in [1.54, 1.807) is 6.92 Å². The van der Waals surface area contributed by atoms with Crippen LogP contribution in [0.1, 0.15) is 36.2 Å². The van der Waals surface area contributed by atoms with Gasteiger partial charge >= 0.3 is 5.97 Å². The van der Waals surface area contributed by atoms with E-state index >= 15 is 0 Å². The molecule has 0 unspecified atom stereocenters. The van der Waals surface area contributed by atoms with E-state index in [9.17, 15) is 29.0 Å². The highest BCUT2D eigenvalue weighted by atomic mass is 19.1. The third-order valence-electron chi connectivity index (χ3n) is 7.36. The Hall–Kier alpha value is -3.34. The first-order chi connectivity index (χ1) is 16.3. The number of β-amino-alcohol motifs (C(OH)–C–C–N with tert-alkyl or cyclic N) is 1. The Morgan fingerprint density at radius 1 is 1.24 bits per heavy atom. The van der Waals surface area contributed by atoms with Gasteiger partial charge in [-0.15, -0.1) is 0 Å². The van der Waals surface area contributed by atoms with Crippen molar-refractivity contribution in [1.82, 2.24) is 14.5 Å². The summed E-state index contributed by atoms with van der Waals surface area (Å²) in [5.41, 5.74) is -1.19. The molecule has 3 aromatic rings. The van der Waals surface area contributed by atoms with Crippen molar-refractivity contribution in [1.29, 1.82) is 0 Å². The molecule has 10 heteroatoms. The van der Waals surface area contributed by atoms with Crippen molar-refractivity contribution in [2.45, 2.75) is 44.2 Å². The lowest BCUT2D eigenvalue weighted by Crippen LogP contribution is -2.44. The molecule has 5 heterocycles. The lowest BCUT2D eigenvalue weighted by molar-refractivity contribution is -0.172. The molecule has 0 radical (unpaired) electrons. The van der Waals surface area contributed by atoms with E-state index in [1.165, 1.54) is 22.8 Å². The quantitative estimate of drug-likeness (QED) is 0.367. The van der Waals surface area contributed by atoms with E-state index < -0.39 is 40.5 Å². The monoisotopic (exact) mass is 467 g/mol. The maximum absolute atomic E-state index is 14.2. The number of benzene rings is 1. The highest BCUT2D eigenvalue weighted by Gasteiger charge is 2.46. The van der Waals surface area contributed by atoms with Crippen LogP contribution in [0.15, 0.2) is 33.9 Å². The van der Waals surface area contributed by atoms with E-state index in [0.717, 1.165) is 6.07 Å². The van der Waals surface area contributed by atoms with Gasteiger partial charge in [-0.05, 0) is 30.7 Å². The second-order valence-corrected chi connectivity index (χ2v) is 9.08. The number of carbonyl (C=O) groups is 1. The number of halogens is 1. The first-order valence-electron chi connectivity index (χ1n) is 11.2. The van der Waals surface area contributed by atoms with Gasteiger partial charge in [0.15, 0.2) is 11.0 Å². The van der Waals surface area contributed by atoms with Gasteiger partial charge in [0.05, 0.1) is 46.7 Å². The largest absolute Gasteiger partial charge is 0.458 e. The standard InChI is InChI=1S/C24H22FN3O6/c1-2-24(33)14-6-16-20-18(9-27(16)22(31)13(14)10-34-23(24)32)28(17-7-26-8-19(17)29)15-4-3-11(25)5-12(15)21(20)30/h3-6,17,19,26,29,33H,2,7-10H2,1H3/t17-,19-,24-/m0/s1. The SMILES string of the molecule is CC[C@@]1(O)C(=O)OCc2c1cc1n(c2=O)Cc2c-1c(=O)c1cc(F)ccc1n2[C@H]1CNC[C@@H]1O. The Morgan fingerprint density at radius 2 is 2.03 bits per heavy atom. The molecule has 0 spiro atoms. The number of aromatic nitrogens is 2. The van der Waals surface area contributed by atoms with Gasteiger partial charge in [0, 0.05) is 24.0 Å². The van der Waals surface area contributed by atoms with Crippen LogP contribution >= 0.6 is 0 Å². The fourth-order valence-corrected chi connectivity index (χ4v) is 5.56. The number of ether oxygens (including phenoxy) is 1. The first-order valence-corrected chi connectivity index (χ1v) is 11.2. The summed E-state index contributed by atoms with van der Waals surface area (Å²) in [6, 6.07) is 5.00. The van der Waals surface area contributed by atoms with Crippen molar-refractivity contribution < 1.29 is 24.1 Å². The minimum Gasteiger partial charge on any atom is -0.458 e. The lowest BCUT2D eigenvalue weighted by Gasteiger charge is -2.31. The Bertz CT molecular complexity index is 1530. The van der Waals surface area contributed by atoms with Crippen LogP contribution in [0.3, 0.4) is 0 Å². The van der Waals surface area contributed by atoms with E-state index in [0.29, 0.717) is 24.3 Å². The molecule has 0 aliphatic carbocycles. The second-order valence-electron chi connectivity index (χ2n) is 9.08. The van der Waals surface area contributed by atoms with Crippen molar-refractivity contribution >= 4 is 16.9 Å². The lowest BCUT2D eigenvalue weighted by atomic mass is 9.85. The van der Waals surface area contributed by atoms with Crippen LogP contribution in [0.5, 0.6) is 0 Å². The zero-order valence-electron chi connectivity index (χ0n) is 18.3. The van der Waals surface area contributed by atoms with Gasteiger partial charge in [0.2, 0.25) is 0 Å². The summed E-state index contributed by atoms with van der Waals surface area (Å²) in [7, 11) is 0. The van der Waals surface area contributed by atoms with E-state index in [-0.39, 0.29) is 47.3 Å². The predicted octanol–water partition coefficient (Wildman–Crippen LogP) is 0.491. The number of esters is 1. The zero-order valence-corrected chi connectivity index (χ0v) is 18.3. The molecule has 1 saturated heterocycles. The Morgan fingerprint density at radius 3 is 2.74 bits per heavy atom. The number of rotatable bonds is 2. The highest BCUT2D eigenvalue weighted by molar-refractivity contribution is 5.88. The summed E-state index contributed by atoms with van der Waals surface area (Å²) >= 11 is 0. The van der Waals surface area contributed by atoms with Crippen molar-refractivity contribution in [3.05, 3.63) is 67.5 Å².